The van der Waals surface area contributed by atoms with Crippen LogP contribution in [0.15, 0.2) is 0 Å². The van der Waals surface area contributed by atoms with Gasteiger partial charge in [-0.3, -0.25) is 0 Å². The van der Waals surface area contributed by atoms with E-state index in [-0.39, 0.29) is 17.6 Å². The predicted octanol–water partition coefficient (Wildman–Crippen LogP) is 2.24. The lowest BCUT2D eigenvalue weighted by atomic mass is 9.73. The molecule has 0 aromatic heterocycles. The first-order valence-electron chi connectivity index (χ1n) is 9.42. The summed E-state index contributed by atoms with van der Waals surface area (Å²) in [7, 11) is 2.23. The third-order valence-corrected chi connectivity index (χ3v) is 6.61. The summed E-state index contributed by atoms with van der Waals surface area (Å²) in [5, 5.41) is 16.4. The van der Waals surface area contributed by atoms with Crippen molar-refractivity contribution in [3.05, 3.63) is 0 Å². The van der Waals surface area contributed by atoms with Crippen LogP contribution in [0.25, 0.3) is 0 Å². The largest absolute Gasteiger partial charge is 0.392 e. The molecule has 5 nitrogen and oxygen atoms in total. The Morgan fingerprint density at radius 2 is 1.87 bits per heavy atom. The molecule has 5 heteroatoms. The van der Waals surface area contributed by atoms with Crippen LogP contribution in [0.2, 0.25) is 0 Å². The Hall–Kier alpha value is -0.810. The molecular formula is C18H33N3O2. The molecule has 2 heterocycles. The second-order valence-electron chi connectivity index (χ2n) is 8.31. The van der Waals surface area contributed by atoms with Crippen molar-refractivity contribution in [1.82, 2.24) is 15.5 Å². The van der Waals surface area contributed by atoms with Gasteiger partial charge in [-0.15, -0.1) is 0 Å². The highest BCUT2D eigenvalue weighted by atomic mass is 16.3. The average molecular weight is 323 g/mol. The number of piperidine rings is 2. The van der Waals surface area contributed by atoms with Gasteiger partial charge in [0.2, 0.25) is 0 Å². The number of nitrogens with one attached hydrogen (secondary N) is 2. The van der Waals surface area contributed by atoms with E-state index in [1.165, 1.54) is 19.3 Å². The second-order valence-corrected chi connectivity index (χ2v) is 8.31. The minimum atomic E-state index is -0.292. The number of hydrogen-bond donors (Lipinski definition) is 3. The third kappa shape index (κ3) is 3.82. The van der Waals surface area contributed by atoms with Gasteiger partial charge in [0.15, 0.2) is 0 Å². The summed E-state index contributed by atoms with van der Waals surface area (Å²) in [5.74, 6) is 0. The molecule has 2 aliphatic heterocycles. The standard InChI is InChI=1S/C18H33N3O2/c1-18(9-4-3-8-16(18)22)12-19-17(23)20-13-10-14-6-5-7-15(11-13)21(14)2/h13-16,22H,3-12H2,1-2H3,(H2,19,20,23). The number of carbonyl (C=O) groups excluding carboxylic acids is 1. The molecule has 4 atom stereocenters. The van der Waals surface area contributed by atoms with Crippen molar-refractivity contribution in [3.8, 4) is 0 Å². The molecule has 3 aliphatic rings. The second kappa shape index (κ2) is 6.98. The van der Waals surface area contributed by atoms with Crippen LogP contribution in [0.3, 0.4) is 0 Å². The van der Waals surface area contributed by atoms with E-state index < -0.39 is 0 Å². The van der Waals surface area contributed by atoms with Crippen molar-refractivity contribution in [1.29, 1.82) is 0 Å². The number of rotatable bonds is 3. The number of carbonyl (C=O) groups is 1. The van der Waals surface area contributed by atoms with Gasteiger partial charge in [-0.05, 0) is 45.6 Å². The first kappa shape index (κ1) is 17.0. The molecule has 0 aromatic rings. The normalized spacial score (nSPS) is 41.3. The highest BCUT2D eigenvalue weighted by Crippen LogP contribution is 2.35. The van der Waals surface area contributed by atoms with Crippen LogP contribution in [0.4, 0.5) is 4.79 Å². The molecule has 4 unspecified atom stereocenters. The van der Waals surface area contributed by atoms with Crippen LogP contribution in [-0.2, 0) is 0 Å². The van der Waals surface area contributed by atoms with Crippen LogP contribution < -0.4 is 10.6 Å². The molecule has 1 saturated carbocycles. The zero-order chi connectivity index (χ0) is 16.4. The minimum Gasteiger partial charge on any atom is -0.392 e. The topological polar surface area (TPSA) is 64.6 Å². The van der Waals surface area contributed by atoms with Crippen molar-refractivity contribution in [3.63, 3.8) is 0 Å². The molecule has 0 spiro atoms. The van der Waals surface area contributed by atoms with Crippen molar-refractivity contribution in [2.45, 2.75) is 88.9 Å². The van der Waals surface area contributed by atoms with E-state index in [4.69, 9.17) is 0 Å². The van der Waals surface area contributed by atoms with Crippen molar-refractivity contribution in [2.24, 2.45) is 5.41 Å². The first-order valence-corrected chi connectivity index (χ1v) is 9.42. The van der Waals surface area contributed by atoms with Gasteiger partial charge >= 0.3 is 6.03 Å². The van der Waals surface area contributed by atoms with Gasteiger partial charge < -0.3 is 20.6 Å². The number of hydrogen-bond acceptors (Lipinski definition) is 3. The quantitative estimate of drug-likeness (QED) is 0.746. The number of nitrogens with zero attached hydrogens (tertiary/aromatic N) is 1. The summed E-state index contributed by atoms with van der Waals surface area (Å²) in [6.07, 6.45) is 9.80. The SMILES string of the molecule is CN1C2CCCC1CC(NC(=O)NCC1(C)CCCCC1O)C2. The molecule has 2 saturated heterocycles. The van der Waals surface area contributed by atoms with Crippen molar-refractivity contribution in [2.75, 3.05) is 13.6 Å². The number of amides is 2. The maximum absolute atomic E-state index is 12.3. The third-order valence-electron chi connectivity index (χ3n) is 6.61. The molecule has 3 rings (SSSR count). The fourth-order valence-corrected chi connectivity index (χ4v) is 4.84. The van der Waals surface area contributed by atoms with E-state index in [1.54, 1.807) is 0 Å². The van der Waals surface area contributed by atoms with Crippen LogP contribution in [0, 0.1) is 5.41 Å². The summed E-state index contributed by atoms with van der Waals surface area (Å²) in [4.78, 5) is 14.8. The fraction of sp³-hybridized carbons (Fsp3) is 0.944. The summed E-state index contributed by atoms with van der Waals surface area (Å²) < 4.78 is 0. The Kier molecular flexibility index (Phi) is 5.16. The summed E-state index contributed by atoms with van der Waals surface area (Å²) >= 11 is 0. The van der Waals surface area contributed by atoms with Gasteiger partial charge in [-0.2, -0.15) is 0 Å². The van der Waals surface area contributed by atoms with Crippen LogP contribution in [-0.4, -0.2) is 53.9 Å². The Morgan fingerprint density at radius 3 is 2.52 bits per heavy atom. The van der Waals surface area contributed by atoms with Crippen molar-refractivity contribution < 1.29 is 9.90 Å². The molecule has 23 heavy (non-hydrogen) atoms. The van der Waals surface area contributed by atoms with E-state index in [9.17, 15) is 9.90 Å². The van der Waals surface area contributed by atoms with Crippen LogP contribution >= 0.6 is 0 Å². The summed E-state index contributed by atoms with van der Waals surface area (Å²) in [6, 6.07) is 1.50. The van der Waals surface area contributed by atoms with Gasteiger partial charge in [0.05, 0.1) is 6.10 Å². The minimum absolute atomic E-state index is 0.0587. The van der Waals surface area contributed by atoms with Gasteiger partial charge in [0.1, 0.15) is 0 Å². The Bertz CT molecular complexity index is 416. The number of aliphatic hydroxyl groups is 1. The summed E-state index contributed by atoms with van der Waals surface area (Å²) in [6.45, 7) is 2.66. The zero-order valence-corrected chi connectivity index (χ0v) is 14.7. The fourth-order valence-electron chi connectivity index (χ4n) is 4.84. The zero-order valence-electron chi connectivity index (χ0n) is 14.7. The lowest BCUT2D eigenvalue weighted by Gasteiger charge is -2.47. The van der Waals surface area contributed by atoms with Gasteiger partial charge in [-0.25, -0.2) is 4.79 Å². The molecule has 3 fully saturated rings. The predicted molar refractivity (Wildman–Crippen MR) is 91.3 cm³/mol. The molecule has 2 amide bonds. The lowest BCUT2D eigenvalue weighted by Crippen LogP contribution is -2.57. The number of aliphatic hydroxyl groups excluding tert-OH is 1. The van der Waals surface area contributed by atoms with Crippen LogP contribution in [0.1, 0.15) is 64.7 Å². The van der Waals surface area contributed by atoms with E-state index in [0.29, 0.717) is 24.7 Å². The Morgan fingerprint density at radius 1 is 1.17 bits per heavy atom. The maximum atomic E-state index is 12.3. The summed E-state index contributed by atoms with van der Waals surface area (Å²) in [5.41, 5.74) is -0.168. The molecular weight excluding hydrogens is 290 g/mol. The van der Waals surface area contributed by atoms with Crippen LogP contribution in [0.5, 0.6) is 0 Å². The van der Waals surface area contributed by atoms with E-state index in [0.717, 1.165) is 38.5 Å². The van der Waals surface area contributed by atoms with Gasteiger partial charge in [0, 0.05) is 30.1 Å². The highest BCUT2D eigenvalue weighted by molar-refractivity contribution is 5.74. The number of urea groups is 1. The smallest absolute Gasteiger partial charge is 0.315 e. The van der Waals surface area contributed by atoms with E-state index >= 15 is 0 Å². The monoisotopic (exact) mass is 323 g/mol. The molecule has 2 bridgehead atoms. The Balaban J connectivity index is 1.46. The van der Waals surface area contributed by atoms with E-state index in [2.05, 4.69) is 29.5 Å². The Labute approximate surface area is 140 Å². The highest BCUT2D eigenvalue weighted by Gasteiger charge is 2.38. The van der Waals surface area contributed by atoms with Gasteiger partial charge in [0.25, 0.3) is 0 Å². The maximum Gasteiger partial charge on any atom is 0.315 e. The number of fused-ring (bicyclic) bond motifs is 2. The average Bonchev–Trinajstić information content (AvgIpc) is 2.50. The van der Waals surface area contributed by atoms with E-state index in [1.807, 2.05) is 0 Å². The molecule has 3 N–H and O–H groups in total. The molecule has 0 radical (unpaired) electrons. The molecule has 132 valence electrons. The molecule has 1 aliphatic carbocycles. The van der Waals surface area contributed by atoms with Gasteiger partial charge in [-0.1, -0.05) is 26.2 Å². The van der Waals surface area contributed by atoms with Crippen molar-refractivity contribution >= 4 is 6.03 Å². The first-order chi connectivity index (χ1) is 11.0. The molecule has 0 aromatic carbocycles. The lowest BCUT2D eigenvalue weighted by molar-refractivity contribution is 0.00283.